The van der Waals surface area contributed by atoms with Crippen LogP contribution in [-0.2, 0) is 6.54 Å². The van der Waals surface area contributed by atoms with E-state index >= 15 is 0 Å². The second-order valence-corrected chi connectivity index (χ2v) is 5.70. The standard InChI is InChI=1S/C19H25NO/c1-5-20-13-16-6-8-17(9-7-16)21-18-10-11-19(14(2)3)15(4)12-18/h6-12,14,20H,5,13H2,1-4H3. The van der Waals surface area contributed by atoms with Gasteiger partial charge in [0.15, 0.2) is 0 Å². The van der Waals surface area contributed by atoms with Crippen molar-refractivity contribution in [1.29, 1.82) is 0 Å². The largest absolute Gasteiger partial charge is 0.457 e. The Kier molecular flexibility index (Phi) is 5.40. The van der Waals surface area contributed by atoms with Gasteiger partial charge in [-0.3, -0.25) is 0 Å². The van der Waals surface area contributed by atoms with E-state index in [0.29, 0.717) is 5.92 Å². The summed E-state index contributed by atoms with van der Waals surface area (Å²) in [7, 11) is 0. The molecule has 2 nitrogen and oxygen atoms in total. The Hall–Kier alpha value is -1.80. The van der Waals surface area contributed by atoms with E-state index in [1.807, 2.05) is 12.1 Å². The number of nitrogens with one attached hydrogen (secondary N) is 1. The summed E-state index contributed by atoms with van der Waals surface area (Å²) in [4.78, 5) is 0. The molecule has 0 saturated carbocycles. The third-order valence-corrected chi connectivity index (χ3v) is 3.60. The summed E-state index contributed by atoms with van der Waals surface area (Å²) in [6, 6.07) is 14.6. The van der Waals surface area contributed by atoms with Crippen LogP contribution in [0.25, 0.3) is 0 Å². The summed E-state index contributed by atoms with van der Waals surface area (Å²) in [5.74, 6) is 2.33. The van der Waals surface area contributed by atoms with E-state index in [1.165, 1.54) is 16.7 Å². The summed E-state index contributed by atoms with van der Waals surface area (Å²) >= 11 is 0. The van der Waals surface area contributed by atoms with Crippen molar-refractivity contribution in [2.24, 2.45) is 0 Å². The van der Waals surface area contributed by atoms with E-state index < -0.39 is 0 Å². The first-order valence-electron chi connectivity index (χ1n) is 7.68. The van der Waals surface area contributed by atoms with Crippen molar-refractivity contribution in [2.45, 2.75) is 40.2 Å². The Morgan fingerprint density at radius 2 is 1.67 bits per heavy atom. The van der Waals surface area contributed by atoms with Gasteiger partial charge >= 0.3 is 0 Å². The van der Waals surface area contributed by atoms with Gasteiger partial charge in [-0.1, -0.05) is 39.0 Å². The van der Waals surface area contributed by atoms with Crippen LogP contribution in [0.2, 0.25) is 0 Å². The average Bonchev–Trinajstić information content (AvgIpc) is 2.46. The molecule has 1 N–H and O–H groups in total. The van der Waals surface area contributed by atoms with E-state index in [0.717, 1.165) is 24.6 Å². The molecular formula is C19H25NO. The monoisotopic (exact) mass is 283 g/mol. The van der Waals surface area contributed by atoms with E-state index in [-0.39, 0.29) is 0 Å². The minimum absolute atomic E-state index is 0.546. The zero-order chi connectivity index (χ0) is 15.2. The van der Waals surface area contributed by atoms with Crippen LogP contribution in [0.4, 0.5) is 0 Å². The second-order valence-electron chi connectivity index (χ2n) is 5.70. The summed E-state index contributed by atoms with van der Waals surface area (Å²) in [5.41, 5.74) is 3.94. The van der Waals surface area contributed by atoms with Crippen molar-refractivity contribution in [1.82, 2.24) is 5.32 Å². The third kappa shape index (κ3) is 4.33. The van der Waals surface area contributed by atoms with Crippen LogP contribution < -0.4 is 10.1 Å². The summed E-state index contributed by atoms with van der Waals surface area (Å²) in [6.45, 7) is 10.6. The molecule has 0 aliphatic rings. The van der Waals surface area contributed by atoms with Gasteiger partial charge in [0, 0.05) is 6.54 Å². The molecule has 0 heterocycles. The van der Waals surface area contributed by atoms with Crippen molar-refractivity contribution in [3.8, 4) is 11.5 Å². The zero-order valence-corrected chi connectivity index (χ0v) is 13.4. The molecule has 0 aliphatic heterocycles. The molecule has 2 aromatic carbocycles. The molecule has 0 fully saturated rings. The van der Waals surface area contributed by atoms with Gasteiger partial charge < -0.3 is 10.1 Å². The Morgan fingerprint density at radius 1 is 1.00 bits per heavy atom. The third-order valence-electron chi connectivity index (χ3n) is 3.60. The molecule has 2 heteroatoms. The number of hydrogen-bond donors (Lipinski definition) is 1. The summed E-state index contributed by atoms with van der Waals surface area (Å²) in [5, 5.41) is 3.32. The maximum Gasteiger partial charge on any atom is 0.127 e. The maximum absolute atomic E-state index is 5.93. The van der Waals surface area contributed by atoms with E-state index in [4.69, 9.17) is 4.74 Å². The number of benzene rings is 2. The molecule has 0 spiro atoms. The maximum atomic E-state index is 5.93. The summed E-state index contributed by atoms with van der Waals surface area (Å²) < 4.78 is 5.93. The average molecular weight is 283 g/mol. The van der Waals surface area contributed by atoms with Crippen LogP contribution in [0.15, 0.2) is 42.5 Å². The predicted molar refractivity (Wildman–Crippen MR) is 89.2 cm³/mol. The van der Waals surface area contributed by atoms with Crippen molar-refractivity contribution in [3.05, 3.63) is 59.2 Å². The highest BCUT2D eigenvalue weighted by molar-refractivity contribution is 5.39. The fourth-order valence-corrected chi connectivity index (χ4v) is 2.44. The predicted octanol–water partition coefficient (Wildman–Crippen LogP) is 5.02. The van der Waals surface area contributed by atoms with Gasteiger partial charge in [0.25, 0.3) is 0 Å². The molecule has 0 aliphatic carbocycles. The quantitative estimate of drug-likeness (QED) is 0.803. The Labute approximate surface area is 128 Å². The van der Waals surface area contributed by atoms with Crippen LogP contribution in [0, 0.1) is 6.92 Å². The lowest BCUT2D eigenvalue weighted by molar-refractivity contribution is 0.481. The Balaban J connectivity index is 2.06. The normalized spacial score (nSPS) is 10.9. The van der Waals surface area contributed by atoms with Gasteiger partial charge in [-0.2, -0.15) is 0 Å². The lowest BCUT2D eigenvalue weighted by Crippen LogP contribution is -2.11. The zero-order valence-electron chi connectivity index (χ0n) is 13.4. The topological polar surface area (TPSA) is 21.3 Å². The fraction of sp³-hybridized carbons (Fsp3) is 0.368. The van der Waals surface area contributed by atoms with Crippen LogP contribution in [-0.4, -0.2) is 6.54 Å². The van der Waals surface area contributed by atoms with Crippen LogP contribution >= 0.6 is 0 Å². The minimum atomic E-state index is 0.546. The lowest BCUT2D eigenvalue weighted by atomic mass is 9.98. The van der Waals surface area contributed by atoms with Crippen molar-refractivity contribution in [2.75, 3.05) is 6.54 Å². The van der Waals surface area contributed by atoms with Crippen molar-refractivity contribution >= 4 is 0 Å². The molecule has 0 amide bonds. The van der Waals surface area contributed by atoms with Gasteiger partial charge in [-0.05, 0) is 60.3 Å². The molecule has 0 aromatic heterocycles. The first-order chi connectivity index (χ1) is 10.1. The molecule has 2 rings (SSSR count). The van der Waals surface area contributed by atoms with Gasteiger partial charge in [0.2, 0.25) is 0 Å². The second kappa shape index (κ2) is 7.28. The number of rotatable bonds is 6. The van der Waals surface area contributed by atoms with Gasteiger partial charge in [-0.15, -0.1) is 0 Å². The SMILES string of the molecule is CCNCc1ccc(Oc2ccc(C(C)C)c(C)c2)cc1. The highest BCUT2D eigenvalue weighted by Crippen LogP contribution is 2.27. The van der Waals surface area contributed by atoms with E-state index in [9.17, 15) is 0 Å². The number of ether oxygens (including phenoxy) is 1. The molecule has 0 unspecified atom stereocenters. The smallest absolute Gasteiger partial charge is 0.127 e. The molecule has 0 bridgehead atoms. The molecular weight excluding hydrogens is 258 g/mol. The van der Waals surface area contributed by atoms with Crippen molar-refractivity contribution < 1.29 is 4.74 Å². The first-order valence-corrected chi connectivity index (χ1v) is 7.68. The van der Waals surface area contributed by atoms with Gasteiger partial charge in [-0.25, -0.2) is 0 Å². The lowest BCUT2D eigenvalue weighted by Gasteiger charge is -2.12. The summed E-state index contributed by atoms with van der Waals surface area (Å²) in [6.07, 6.45) is 0. The Morgan fingerprint density at radius 3 is 2.24 bits per heavy atom. The molecule has 21 heavy (non-hydrogen) atoms. The van der Waals surface area contributed by atoms with E-state index in [1.54, 1.807) is 0 Å². The minimum Gasteiger partial charge on any atom is -0.457 e. The van der Waals surface area contributed by atoms with Crippen molar-refractivity contribution in [3.63, 3.8) is 0 Å². The number of aryl methyl sites for hydroxylation is 1. The molecule has 2 aromatic rings. The molecule has 0 atom stereocenters. The van der Waals surface area contributed by atoms with Crippen LogP contribution in [0.5, 0.6) is 11.5 Å². The van der Waals surface area contributed by atoms with Gasteiger partial charge in [0.05, 0.1) is 0 Å². The van der Waals surface area contributed by atoms with Crippen LogP contribution in [0.3, 0.4) is 0 Å². The molecule has 0 radical (unpaired) electrons. The van der Waals surface area contributed by atoms with Gasteiger partial charge in [0.1, 0.15) is 11.5 Å². The fourth-order valence-electron chi connectivity index (χ4n) is 2.44. The number of hydrogen-bond acceptors (Lipinski definition) is 2. The molecule has 112 valence electrons. The van der Waals surface area contributed by atoms with Crippen LogP contribution in [0.1, 0.15) is 43.4 Å². The highest BCUT2D eigenvalue weighted by Gasteiger charge is 2.05. The molecule has 0 saturated heterocycles. The highest BCUT2D eigenvalue weighted by atomic mass is 16.5. The first kappa shape index (κ1) is 15.6. The van der Waals surface area contributed by atoms with E-state index in [2.05, 4.69) is 63.3 Å². The Bertz CT molecular complexity index is 573.